The zero-order valence-electron chi connectivity index (χ0n) is 17.5. The van der Waals surface area contributed by atoms with E-state index in [1.807, 2.05) is 54.6 Å². The molecule has 1 heterocycles. The fourth-order valence-electron chi connectivity index (χ4n) is 3.21. The lowest BCUT2D eigenvalue weighted by molar-refractivity contribution is 0.0942. The van der Waals surface area contributed by atoms with Gasteiger partial charge in [-0.3, -0.25) is 0 Å². The Morgan fingerprint density at radius 2 is 1.68 bits per heavy atom. The van der Waals surface area contributed by atoms with Crippen molar-refractivity contribution in [3.8, 4) is 11.5 Å². The maximum absolute atomic E-state index is 10.1. The van der Waals surface area contributed by atoms with Crippen LogP contribution in [0.4, 0.5) is 11.6 Å². The maximum atomic E-state index is 10.1. The standard InChI is InChI=1S/C24H25ClN4O2/c1-24(2,30)15-27-23-28-21-12-7-18(26)13-22(21)29(23)14-16-3-8-19(9-4-16)31-20-10-5-17(25)6-11-20/h3-13,30H,14-15,26H2,1-2H3,(H,27,28). The van der Waals surface area contributed by atoms with E-state index in [2.05, 4.69) is 14.9 Å². The molecule has 0 radical (unpaired) electrons. The number of halogens is 1. The summed E-state index contributed by atoms with van der Waals surface area (Å²) in [6.45, 7) is 4.48. The van der Waals surface area contributed by atoms with Crippen LogP contribution >= 0.6 is 11.6 Å². The van der Waals surface area contributed by atoms with Gasteiger partial charge < -0.3 is 25.5 Å². The quantitative estimate of drug-likeness (QED) is 0.342. The first-order valence-electron chi connectivity index (χ1n) is 10.0. The molecular weight excluding hydrogens is 412 g/mol. The topological polar surface area (TPSA) is 85.3 Å². The van der Waals surface area contributed by atoms with Crippen molar-refractivity contribution in [1.82, 2.24) is 9.55 Å². The molecule has 3 aromatic carbocycles. The van der Waals surface area contributed by atoms with Crippen molar-refractivity contribution < 1.29 is 9.84 Å². The number of imidazole rings is 1. The molecule has 0 saturated heterocycles. The van der Waals surface area contributed by atoms with Gasteiger partial charge in [-0.25, -0.2) is 4.98 Å². The fraction of sp³-hybridized carbons (Fsp3) is 0.208. The summed E-state index contributed by atoms with van der Waals surface area (Å²) in [7, 11) is 0. The minimum absolute atomic E-state index is 0.375. The van der Waals surface area contributed by atoms with Gasteiger partial charge >= 0.3 is 0 Å². The number of benzene rings is 3. The van der Waals surface area contributed by atoms with Crippen LogP contribution in [0.25, 0.3) is 11.0 Å². The van der Waals surface area contributed by atoms with E-state index in [0.29, 0.717) is 29.7 Å². The lowest BCUT2D eigenvalue weighted by Crippen LogP contribution is -2.30. The van der Waals surface area contributed by atoms with E-state index < -0.39 is 5.60 Å². The highest BCUT2D eigenvalue weighted by atomic mass is 35.5. The minimum atomic E-state index is -0.858. The monoisotopic (exact) mass is 436 g/mol. The summed E-state index contributed by atoms with van der Waals surface area (Å²) >= 11 is 5.92. The molecule has 31 heavy (non-hydrogen) atoms. The van der Waals surface area contributed by atoms with Crippen LogP contribution in [-0.4, -0.2) is 26.8 Å². The molecule has 4 aromatic rings. The van der Waals surface area contributed by atoms with Gasteiger partial charge in [0.2, 0.25) is 5.95 Å². The number of hydrogen-bond donors (Lipinski definition) is 3. The summed E-state index contributed by atoms with van der Waals surface area (Å²) in [6.07, 6.45) is 0. The van der Waals surface area contributed by atoms with E-state index in [-0.39, 0.29) is 0 Å². The zero-order valence-corrected chi connectivity index (χ0v) is 18.2. The second-order valence-electron chi connectivity index (χ2n) is 8.14. The minimum Gasteiger partial charge on any atom is -0.457 e. The predicted molar refractivity (Wildman–Crippen MR) is 126 cm³/mol. The highest BCUT2D eigenvalue weighted by molar-refractivity contribution is 6.30. The van der Waals surface area contributed by atoms with E-state index in [0.717, 1.165) is 28.1 Å². The maximum Gasteiger partial charge on any atom is 0.204 e. The molecule has 0 unspecified atom stereocenters. The van der Waals surface area contributed by atoms with Crippen LogP contribution in [0, 0.1) is 0 Å². The smallest absolute Gasteiger partial charge is 0.204 e. The molecule has 1 aromatic heterocycles. The Hall–Kier alpha value is -3.22. The molecule has 0 aliphatic carbocycles. The number of hydrogen-bond acceptors (Lipinski definition) is 5. The van der Waals surface area contributed by atoms with Gasteiger partial charge in [-0.1, -0.05) is 23.7 Å². The molecule has 160 valence electrons. The van der Waals surface area contributed by atoms with Crippen LogP contribution in [0.3, 0.4) is 0 Å². The number of aromatic nitrogens is 2. The lowest BCUT2D eigenvalue weighted by Gasteiger charge is -2.19. The Bertz CT molecular complexity index is 1180. The van der Waals surface area contributed by atoms with Gasteiger partial charge in [-0.2, -0.15) is 0 Å². The first-order valence-corrected chi connectivity index (χ1v) is 10.4. The average Bonchev–Trinajstić information content (AvgIpc) is 3.06. The third-order valence-corrected chi connectivity index (χ3v) is 5.02. The average molecular weight is 437 g/mol. The van der Waals surface area contributed by atoms with E-state index in [9.17, 15) is 5.11 Å². The number of nitrogens with zero attached hydrogens (tertiary/aromatic N) is 2. The summed E-state index contributed by atoms with van der Waals surface area (Å²) in [4.78, 5) is 4.68. The molecule has 7 heteroatoms. The van der Waals surface area contributed by atoms with Gasteiger partial charge in [0, 0.05) is 17.3 Å². The predicted octanol–water partition coefficient (Wildman–Crippen LogP) is 5.30. The van der Waals surface area contributed by atoms with E-state index in [4.69, 9.17) is 22.1 Å². The number of rotatable bonds is 7. The summed E-state index contributed by atoms with van der Waals surface area (Å²) in [5, 5.41) is 14.0. The number of fused-ring (bicyclic) bond motifs is 1. The van der Waals surface area contributed by atoms with Gasteiger partial charge in [0.15, 0.2) is 0 Å². The van der Waals surface area contributed by atoms with E-state index >= 15 is 0 Å². The number of ether oxygens (including phenoxy) is 1. The summed E-state index contributed by atoms with van der Waals surface area (Å²) in [5.41, 5.74) is 8.68. The van der Waals surface area contributed by atoms with Gasteiger partial charge in [0.1, 0.15) is 11.5 Å². The van der Waals surface area contributed by atoms with Crippen LogP contribution in [0.1, 0.15) is 19.4 Å². The first-order chi connectivity index (χ1) is 14.8. The van der Waals surface area contributed by atoms with Crippen LogP contribution in [0.15, 0.2) is 66.7 Å². The Morgan fingerprint density at radius 3 is 2.32 bits per heavy atom. The first kappa shape index (κ1) is 21.0. The number of aliphatic hydroxyl groups is 1. The van der Waals surface area contributed by atoms with Crippen LogP contribution in [0.2, 0.25) is 5.02 Å². The molecular formula is C24H25ClN4O2. The molecule has 0 fully saturated rings. The summed E-state index contributed by atoms with van der Waals surface area (Å²) < 4.78 is 7.94. The van der Waals surface area contributed by atoms with Gasteiger partial charge in [0.05, 0.1) is 23.2 Å². The third-order valence-electron chi connectivity index (χ3n) is 4.76. The van der Waals surface area contributed by atoms with Crippen LogP contribution < -0.4 is 15.8 Å². The van der Waals surface area contributed by atoms with Crippen molar-refractivity contribution in [2.75, 3.05) is 17.6 Å². The highest BCUT2D eigenvalue weighted by Gasteiger charge is 2.16. The highest BCUT2D eigenvalue weighted by Crippen LogP contribution is 2.26. The molecule has 0 amide bonds. The number of nitrogens with one attached hydrogen (secondary N) is 1. The fourth-order valence-corrected chi connectivity index (χ4v) is 3.34. The van der Waals surface area contributed by atoms with E-state index in [1.54, 1.807) is 26.0 Å². The van der Waals surface area contributed by atoms with Crippen LogP contribution in [0.5, 0.6) is 11.5 Å². The molecule has 4 rings (SSSR count). The molecule has 0 spiro atoms. The second kappa shape index (κ2) is 8.49. The van der Waals surface area contributed by atoms with Crippen LogP contribution in [-0.2, 0) is 6.54 Å². The van der Waals surface area contributed by atoms with Crippen molar-refractivity contribution in [3.63, 3.8) is 0 Å². The molecule has 6 nitrogen and oxygen atoms in total. The lowest BCUT2D eigenvalue weighted by atomic mass is 10.1. The normalized spacial score (nSPS) is 11.6. The van der Waals surface area contributed by atoms with Gasteiger partial charge in [-0.15, -0.1) is 0 Å². The van der Waals surface area contributed by atoms with Crippen molar-refractivity contribution in [3.05, 3.63) is 77.3 Å². The van der Waals surface area contributed by atoms with Crippen molar-refractivity contribution >= 4 is 34.3 Å². The largest absolute Gasteiger partial charge is 0.457 e. The Balaban J connectivity index is 1.58. The zero-order chi connectivity index (χ0) is 22.0. The number of nitrogens with two attached hydrogens (primary N) is 1. The Kier molecular flexibility index (Phi) is 5.76. The molecule has 0 atom stereocenters. The third kappa shape index (κ3) is 5.29. The number of nitrogen functional groups attached to an aromatic ring is 1. The van der Waals surface area contributed by atoms with Gasteiger partial charge in [-0.05, 0) is 74.0 Å². The Labute approximate surface area is 186 Å². The molecule has 0 aliphatic rings. The van der Waals surface area contributed by atoms with E-state index in [1.165, 1.54) is 0 Å². The molecule has 0 bridgehead atoms. The molecule has 4 N–H and O–H groups in total. The van der Waals surface area contributed by atoms with Crippen molar-refractivity contribution in [2.45, 2.75) is 26.0 Å². The second-order valence-corrected chi connectivity index (χ2v) is 8.57. The number of anilines is 2. The van der Waals surface area contributed by atoms with Crippen molar-refractivity contribution in [2.24, 2.45) is 0 Å². The molecule has 0 saturated carbocycles. The molecule has 0 aliphatic heterocycles. The summed E-state index contributed by atoms with van der Waals surface area (Å²) in [6, 6.07) is 20.8. The Morgan fingerprint density at radius 1 is 1.03 bits per heavy atom. The van der Waals surface area contributed by atoms with Crippen molar-refractivity contribution in [1.29, 1.82) is 0 Å². The van der Waals surface area contributed by atoms with Gasteiger partial charge in [0.25, 0.3) is 0 Å². The summed E-state index contributed by atoms with van der Waals surface area (Å²) in [5.74, 6) is 2.15. The SMILES string of the molecule is CC(C)(O)CNc1nc2ccc(N)cc2n1Cc1ccc(Oc2ccc(Cl)cc2)cc1.